The van der Waals surface area contributed by atoms with Crippen molar-refractivity contribution in [2.75, 3.05) is 51.3 Å². The Morgan fingerprint density at radius 3 is 2.76 bits per heavy atom. The van der Waals surface area contributed by atoms with Crippen LogP contribution in [0.4, 0.5) is 5.82 Å². The molecule has 1 saturated carbocycles. The predicted octanol–water partition coefficient (Wildman–Crippen LogP) is 0.964. The second-order valence-electron chi connectivity index (χ2n) is 6.63. The highest BCUT2D eigenvalue weighted by atomic mass is 16.5. The standard InChI is InChI=1S/C17H26N4O4/c22-16(18-15-5-10-25-19-15)13-21(17(23)14-3-1-4-14)7-2-6-20-8-11-24-12-9-20/h5,10,14H,1-4,6-9,11-13H2,(H,18,19,22). The molecule has 0 bridgehead atoms. The molecule has 0 aromatic carbocycles. The van der Waals surface area contributed by atoms with Gasteiger partial charge in [0.25, 0.3) is 0 Å². The summed E-state index contributed by atoms with van der Waals surface area (Å²) in [6, 6.07) is 1.58. The Morgan fingerprint density at radius 2 is 2.12 bits per heavy atom. The van der Waals surface area contributed by atoms with E-state index in [0.717, 1.165) is 58.5 Å². The molecule has 0 atom stereocenters. The highest BCUT2D eigenvalue weighted by Gasteiger charge is 2.30. The fourth-order valence-corrected chi connectivity index (χ4v) is 3.12. The molecule has 2 fully saturated rings. The molecule has 3 rings (SSSR count). The van der Waals surface area contributed by atoms with Gasteiger partial charge in [-0.1, -0.05) is 11.6 Å². The molecule has 8 heteroatoms. The first kappa shape index (κ1) is 17.9. The van der Waals surface area contributed by atoms with E-state index in [1.165, 1.54) is 6.26 Å². The lowest BCUT2D eigenvalue weighted by Crippen LogP contribution is -2.45. The summed E-state index contributed by atoms with van der Waals surface area (Å²) in [4.78, 5) is 28.9. The van der Waals surface area contributed by atoms with Crippen molar-refractivity contribution in [3.8, 4) is 0 Å². The molecule has 0 spiro atoms. The molecule has 1 aromatic heterocycles. The summed E-state index contributed by atoms with van der Waals surface area (Å²) in [7, 11) is 0. The first-order valence-corrected chi connectivity index (χ1v) is 9.01. The number of morpholine rings is 1. The number of carbonyl (C=O) groups excluding carboxylic acids is 2. The van der Waals surface area contributed by atoms with Gasteiger partial charge in [-0.3, -0.25) is 14.5 Å². The van der Waals surface area contributed by atoms with Gasteiger partial charge in [-0.05, 0) is 19.3 Å². The first-order valence-electron chi connectivity index (χ1n) is 9.01. The number of hydrogen-bond acceptors (Lipinski definition) is 6. The van der Waals surface area contributed by atoms with Crippen LogP contribution in [0.15, 0.2) is 16.9 Å². The number of rotatable bonds is 8. The molecule has 1 aromatic rings. The Bertz CT molecular complexity index is 553. The molecule has 1 aliphatic heterocycles. The third-order valence-corrected chi connectivity index (χ3v) is 4.81. The van der Waals surface area contributed by atoms with Crippen LogP contribution in [0.25, 0.3) is 0 Å². The number of aromatic nitrogens is 1. The maximum absolute atomic E-state index is 12.6. The molecular formula is C17H26N4O4. The zero-order chi connectivity index (χ0) is 17.5. The van der Waals surface area contributed by atoms with E-state index in [4.69, 9.17) is 9.26 Å². The van der Waals surface area contributed by atoms with Gasteiger partial charge in [0.15, 0.2) is 5.82 Å². The highest BCUT2D eigenvalue weighted by molar-refractivity contribution is 5.94. The molecule has 1 saturated heterocycles. The van der Waals surface area contributed by atoms with Crippen LogP contribution in [0.5, 0.6) is 0 Å². The summed E-state index contributed by atoms with van der Waals surface area (Å²) >= 11 is 0. The van der Waals surface area contributed by atoms with E-state index in [0.29, 0.717) is 12.4 Å². The smallest absolute Gasteiger partial charge is 0.245 e. The minimum atomic E-state index is -0.243. The number of anilines is 1. The van der Waals surface area contributed by atoms with Gasteiger partial charge in [-0.2, -0.15) is 0 Å². The number of nitrogens with one attached hydrogen (secondary N) is 1. The molecular weight excluding hydrogens is 324 g/mol. The summed E-state index contributed by atoms with van der Waals surface area (Å²) in [5.74, 6) is 0.314. The van der Waals surface area contributed by atoms with Gasteiger partial charge in [-0.15, -0.1) is 0 Å². The molecule has 25 heavy (non-hydrogen) atoms. The van der Waals surface area contributed by atoms with Gasteiger partial charge in [0.1, 0.15) is 6.26 Å². The average molecular weight is 350 g/mol. The van der Waals surface area contributed by atoms with Gasteiger partial charge in [-0.25, -0.2) is 0 Å². The van der Waals surface area contributed by atoms with Crippen LogP contribution in [0.3, 0.4) is 0 Å². The second-order valence-corrected chi connectivity index (χ2v) is 6.63. The molecule has 2 heterocycles. The van der Waals surface area contributed by atoms with Crippen LogP contribution in [-0.4, -0.2) is 72.7 Å². The first-order chi connectivity index (χ1) is 12.2. The summed E-state index contributed by atoms with van der Waals surface area (Å²) in [5.41, 5.74) is 0. The Kier molecular flexibility index (Phi) is 6.41. The van der Waals surface area contributed by atoms with Crippen molar-refractivity contribution in [1.29, 1.82) is 0 Å². The maximum Gasteiger partial charge on any atom is 0.245 e. The Balaban J connectivity index is 1.49. The van der Waals surface area contributed by atoms with Crippen LogP contribution in [0.1, 0.15) is 25.7 Å². The maximum atomic E-state index is 12.6. The molecule has 0 unspecified atom stereocenters. The van der Waals surface area contributed by atoms with Crippen molar-refractivity contribution in [3.63, 3.8) is 0 Å². The summed E-state index contributed by atoms with van der Waals surface area (Å²) in [6.45, 7) is 4.98. The highest BCUT2D eigenvalue weighted by Crippen LogP contribution is 2.28. The third kappa shape index (κ3) is 5.27. The zero-order valence-corrected chi connectivity index (χ0v) is 14.5. The van der Waals surface area contributed by atoms with Gasteiger partial charge in [0.05, 0.1) is 19.8 Å². The topological polar surface area (TPSA) is 87.9 Å². The third-order valence-electron chi connectivity index (χ3n) is 4.81. The normalized spacial score (nSPS) is 18.6. The van der Waals surface area contributed by atoms with Crippen molar-refractivity contribution < 1.29 is 18.8 Å². The predicted molar refractivity (Wildman–Crippen MR) is 90.9 cm³/mol. The molecule has 0 radical (unpaired) electrons. The fourth-order valence-electron chi connectivity index (χ4n) is 3.12. The van der Waals surface area contributed by atoms with Crippen LogP contribution in [0.2, 0.25) is 0 Å². The van der Waals surface area contributed by atoms with Crippen molar-refractivity contribution >= 4 is 17.6 Å². The van der Waals surface area contributed by atoms with Gasteiger partial charge in [0.2, 0.25) is 11.8 Å². The Labute approximate surface area is 147 Å². The van der Waals surface area contributed by atoms with Crippen LogP contribution in [-0.2, 0) is 14.3 Å². The quantitative estimate of drug-likeness (QED) is 0.751. The van der Waals surface area contributed by atoms with E-state index in [2.05, 4.69) is 15.4 Å². The minimum absolute atomic E-state index is 0.0608. The van der Waals surface area contributed by atoms with E-state index in [1.54, 1.807) is 11.0 Å². The lowest BCUT2D eigenvalue weighted by molar-refractivity contribution is -0.140. The van der Waals surface area contributed by atoms with Gasteiger partial charge in [0, 0.05) is 38.2 Å². The molecule has 8 nitrogen and oxygen atoms in total. The number of carbonyl (C=O) groups is 2. The summed E-state index contributed by atoms with van der Waals surface area (Å²) < 4.78 is 10.1. The summed E-state index contributed by atoms with van der Waals surface area (Å²) in [6.07, 6.45) is 5.22. The van der Waals surface area contributed by atoms with Crippen LogP contribution >= 0.6 is 0 Å². The van der Waals surface area contributed by atoms with Crippen molar-refractivity contribution in [2.24, 2.45) is 5.92 Å². The number of ether oxygens (including phenoxy) is 1. The average Bonchev–Trinajstić information content (AvgIpc) is 3.06. The van der Waals surface area contributed by atoms with E-state index in [1.807, 2.05) is 0 Å². The summed E-state index contributed by atoms with van der Waals surface area (Å²) in [5, 5.41) is 6.32. The minimum Gasteiger partial charge on any atom is -0.379 e. The molecule has 2 amide bonds. The fraction of sp³-hybridized carbons (Fsp3) is 0.706. The largest absolute Gasteiger partial charge is 0.379 e. The van der Waals surface area contributed by atoms with Crippen molar-refractivity contribution in [3.05, 3.63) is 12.3 Å². The monoisotopic (exact) mass is 350 g/mol. The van der Waals surface area contributed by atoms with E-state index in [9.17, 15) is 9.59 Å². The van der Waals surface area contributed by atoms with E-state index < -0.39 is 0 Å². The molecule has 138 valence electrons. The zero-order valence-electron chi connectivity index (χ0n) is 14.5. The van der Waals surface area contributed by atoms with E-state index >= 15 is 0 Å². The Morgan fingerprint density at radius 1 is 1.32 bits per heavy atom. The molecule has 1 aliphatic carbocycles. The number of nitrogens with zero attached hydrogens (tertiary/aromatic N) is 3. The molecule has 2 aliphatic rings. The lowest BCUT2D eigenvalue weighted by atomic mass is 9.84. The Hall–Kier alpha value is -1.93. The van der Waals surface area contributed by atoms with Crippen molar-refractivity contribution in [2.45, 2.75) is 25.7 Å². The van der Waals surface area contributed by atoms with Crippen molar-refractivity contribution in [1.82, 2.24) is 15.0 Å². The van der Waals surface area contributed by atoms with Crippen LogP contribution < -0.4 is 5.32 Å². The molecule has 1 N–H and O–H groups in total. The number of amides is 2. The van der Waals surface area contributed by atoms with Gasteiger partial charge < -0.3 is 19.5 Å². The van der Waals surface area contributed by atoms with Crippen LogP contribution in [0, 0.1) is 5.92 Å². The van der Waals surface area contributed by atoms with E-state index in [-0.39, 0.29) is 24.3 Å². The lowest BCUT2D eigenvalue weighted by Gasteiger charge is -2.32. The SMILES string of the molecule is O=C(CN(CCCN1CCOCC1)C(=O)C1CCC1)Nc1ccon1. The van der Waals surface area contributed by atoms with Gasteiger partial charge >= 0.3 is 0 Å². The second kappa shape index (κ2) is 8.96. The number of hydrogen-bond donors (Lipinski definition) is 1.